The van der Waals surface area contributed by atoms with Crippen LogP contribution in [0.3, 0.4) is 0 Å². The molecule has 0 saturated heterocycles. The Kier molecular flexibility index (Phi) is 4.83. The third-order valence-corrected chi connectivity index (χ3v) is 4.59. The maximum Gasteiger partial charge on any atom is 0.227 e. The Hall–Kier alpha value is -2.87. The van der Waals surface area contributed by atoms with E-state index in [-0.39, 0.29) is 18.4 Å². The smallest absolute Gasteiger partial charge is 0.227 e. The molecule has 0 fully saturated rings. The first-order valence-corrected chi connectivity index (χ1v) is 9.22. The summed E-state index contributed by atoms with van der Waals surface area (Å²) in [4.78, 5) is 16.3. The SMILES string of the molecule is O=C(CCc1nc(-c2ccsc2)no1)NC[C@@H]1COc2ccccc2O1. The van der Waals surface area contributed by atoms with Gasteiger partial charge in [-0.05, 0) is 23.6 Å². The van der Waals surface area contributed by atoms with Crippen LogP contribution >= 0.6 is 11.3 Å². The lowest BCUT2D eigenvalue weighted by Crippen LogP contribution is -2.40. The van der Waals surface area contributed by atoms with E-state index < -0.39 is 0 Å². The van der Waals surface area contributed by atoms with Crippen LogP contribution in [0.5, 0.6) is 11.5 Å². The summed E-state index contributed by atoms with van der Waals surface area (Å²) >= 11 is 1.57. The number of nitrogens with zero attached hydrogens (tertiary/aromatic N) is 2. The first-order chi connectivity index (χ1) is 12.8. The molecule has 2 aromatic heterocycles. The number of thiophene rings is 1. The van der Waals surface area contributed by atoms with Gasteiger partial charge in [0.2, 0.25) is 17.6 Å². The van der Waals surface area contributed by atoms with Crippen molar-refractivity contribution >= 4 is 17.2 Å². The molecule has 0 spiro atoms. The maximum atomic E-state index is 12.0. The molecule has 1 aliphatic rings. The number of hydrogen-bond acceptors (Lipinski definition) is 7. The molecule has 3 heterocycles. The third-order valence-electron chi connectivity index (χ3n) is 3.91. The molecule has 1 amide bonds. The van der Waals surface area contributed by atoms with Gasteiger partial charge < -0.3 is 19.3 Å². The molecule has 0 bridgehead atoms. The van der Waals surface area contributed by atoms with Gasteiger partial charge in [0.1, 0.15) is 12.7 Å². The van der Waals surface area contributed by atoms with E-state index in [9.17, 15) is 4.79 Å². The van der Waals surface area contributed by atoms with Crippen molar-refractivity contribution in [2.75, 3.05) is 13.2 Å². The van der Waals surface area contributed by atoms with E-state index in [1.807, 2.05) is 41.1 Å². The van der Waals surface area contributed by atoms with Crippen molar-refractivity contribution in [3.05, 3.63) is 47.0 Å². The van der Waals surface area contributed by atoms with Gasteiger partial charge in [-0.3, -0.25) is 4.79 Å². The number of aromatic nitrogens is 2. The average molecular weight is 371 g/mol. The van der Waals surface area contributed by atoms with Gasteiger partial charge in [-0.1, -0.05) is 17.3 Å². The Balaban J connectivity index is 1.23. The van der Waals surface area contributed by atoms with Crippen LogP contribution in [0.15, 0.2) is 45.6 Å². The van der Waals surface area contributed by atoms with Crippen LogP contribution in [-0.4, -0.2) is 35.3 Å². The van der Waals surface area contributed by atoms with Crippen LogP contribution in [-0.2, 0) is 11.2 Å². The van der Waals surface area contributed by atoms with E-state index in [4.69, 9.17) is 14.0 Å². The monoisotopic (exact) mass is 371 g/mol. The van der Waals surface area contributed by atoms with E-state index in [2.05, 4.69) is 15.5 Å². The molecule has 1 aliphatic heterocycles. The fourth-order valence-corrected chi connectivity index (χ4v) is 3.20. The lowest BCUT2D eigenvalue weighted by molar-refractivity contribution is -0.121. The Labute approximate surface area is 153 Å². The molecular weight excluding hydrogens is 354 g/mol. The molecule has 3 aromatic rings. The number of rotatable bonds is 6. The maximum absolute atomic E-state index is 12.0. The van der Waals surface area contributed by atoms with Crippen LogP contribution < -0.4 is 14.8 Å². The van der Waals surface area contributed by atoms with E-state index in [1.165, 1.54) is 0 Å². The Bertz CT molecular complexity index is 878. The quantitative estimate of drug-likeness (QED) is 0.717. The fraction of sp³-hybridized carbons (Fsp3) is 0.278. The fourth-order valence-electron chi connectivity index (χ4n) is 2.57. The molecule has 0 aliphatic carbocycles. The van der Waals surface area contributed by atoms with Gasteiger partial charge in [-0.2, -0.15) is 16.3 Å². The molecule has 134 valence electrons. The zero-order valence-corrected chi connectivity index (χ0v) is 14.7. The predicted molar refractivity (Wildman–Crippen MR) is 95.3 cm³/mol. The summed E-state index contributed by atoms with van der Waals surface area (Å²) < 4.78 is 16.6. The van der Waals surface area contributed by atoms with Gasteiger partial charge in [-0.15, -0.1) is 0 Å². The van der Waals surface area contributed by atoms with Gasteiger partial charge in [-0.25, -0.2) is 0 Å². The van der Waals surface area contributed by atoms with Crippen LogP contribution in [0.2, 0.25) is 0 Å². The number of hydrogen-bond donors (Lipinski definition) is 1. The molecule has 0 radical (unpaired) electrons. The van der Waals surface area contributed by atoms with Crippen molar-refractivity contribution in [2.45, 2.75) is 18.9 Å². The van der Waals surface area contributed by atoms with Crippen LogP contribution in [0.4, 0.5) is 0 Å². The van der Waals surface area contributed by atoms with Crippen LogP contribution in [0, 0.1) is 0 Å². The average Bonchev–Trinajstić information content (AvgIpc) is 3.36. The van der Waals surface area contributed by atoms with Gasteiger partial charge in [0.25, 0.3) is 0 Å². The highest BCUT2D eigenvalue weighted by molar-refractivity contribution is 7.08. The molecule has 1 atom stereocenters. The van der Waals surface area contributed by atoms with E-state index in [0.29, 0.717) is 37.0 Å². The summed E-state index contributed by atoms with van der Waals surface area (Å²) in [6.45, 7) is 0.794. The predicted octanol–water partition coefficient (Wildman–Crippen LogP) is 2.69. The number of carbonyl (C=O) groups excluding carboxylic acids is 1. The number of ether oxygens (including phenoxy) is 2. The van der Waals surface area contributed by atoms with Crippen molar-refractivity contribution in [1.82, 2.24) is 15.5 Å². The highest BCUT2D eigenvalue weighted by Gasteiger charge is 2.21. The van der Waals surface area contributed by atoms with Gasteiger partial charge in [0.05, 0.1) is 6.54 Å². The molecule has 8 heteroatoms. The minimum absolute atomic E-state index is 0.0947. The second-order valence-electron chi connectivity index (χ2n) is 5.83. The molecule has 4 rings (SSSR count). The summed E-state index contributed by atoms with van der Waals surface area (Å²) in [5.74, 6) is 2.33. The number of amides is 1. The van der Waals surface area contributed by atoms with Crippen molar-refractivity contribution < 1.29 is 18.8 Å². The third kappa shape index (κ3) is 3.85. The zero-order valence-electron chi connectivity index (χ0n) is 13.9. The minimum atomic E-state index is -0.206. The normalized spacial score (nSPS) is 15.6. The molecule has 0 unspecified atom stereocenters. The molecule has 0 saturated carbocycles. The summed E-state index contributed by atoms with van der Waals surface area (Å²) in [5.41, 5.74) is 0.921. The molecule has 1 aromatic carbocycles. The highest BCUT2D eigenvalue weighted by Crippen LogP contribution is 2.30. The number of fused-ring (bicyclic) bond motifs is 1. The summed E-state index contributed by atoms with van der Waals surface area (Å²) in [5, 5.41) is 10.7. The highest BCUT2D eigenvalue weighted by atomic mass is 32.1. The number of para-hydroxylation sites is 2. The lowest BCUT2D eigenvalue weighted by atomic mass is 10.2. The van der Waals surface area contributed by atoms with Crippen molar-refractivity contribution in [3.63, 3.8) is 0 Å². The topological polar surface area (TPSA) is 86.5 Å². The molecule has 1 N–H and O–H groups in total. The summed E-state index contributed by atoms with van der Waals surface area (Å²) in [6, 6.07) is 9.42. The number of carbonyl (C=O) groups is 1. The van der Waals surface area contributed by atoms with Crippen LogP contribution in [0.25, 0.3) is 11.4 Å². The number of benzene rings is 1. The van der Waals surface area contributed by atoms with Crippen molar-refractivity contribution in [1.29, 1.82) is 0 Å². The Morgan fingerprint density at radius 2 is 2.15 bits per heavy atom. The van der Waals surface area contributed by atoms with E-state index in [1.54, 1.807) is 11.3 Å². The minimum Gasteiger partial charge on any atom is -0.486 e. The first kappa shape index (κ1) is 16.6. The number of nitrogens with one attached hydrogen (secondary N) is 1. The number of aryl methyl sites for hydroxylation is 1. The van der Waals surface area contributed by atoms with Gasteiger partial charge >= 0.3 is 0 Å². The molecular formula is C18H17N3O4S. The molecule has 26 heavy (non-hydrogen) atoms. The second-order valence-corrected chi connectivity index (χ2v) is 6.61. The van der Waals surface area contributed by atoms with Crippen molar-refractivity contribution in [2.24, 2.45) is 0 Å². The Morgan fingerprint density at radius 3 is 3.00 bits per heavy atom. The Morgan fingerprint density at radius 1 is 1.27 bits per heavy atom. The largest absolute Gasteiger partial charge is 0.486 e. The van der Waals surface area contributed by atoms with Gasteiger partial charge in [0.15, 0.2) is 11.5 Å². The summed E-state index contributed by atoms with van der Waals surface area (Å²) in [6.07, 6.45) is 0.464. The summed E-state index contributed by atoms with van der Waals surface area (Å²) in [7, 11) is 0. The second kappa shape index (κ2) is 7.57. The van der Waals surface area contributed by atoms with Gasteiger partial charge in [0, 0.05) is 23.8 Å². The first-order valence-electron chi connectivity index (χ1n) is 8.28. The zero-order chi connectivity index (χ0) is 17.8. The van der Waals surface area contributed by atoms with Crippen molar-refractivity contribution in [3.8, 4) is 22.9 Å². The lowest BCUT2D eigenvalue weighted by Gasteiger charge is -2.26. The molecule has 7 nitrogen and oxygen atoms in total. The van der Waals surface area contributed by atoms with E-state index in [0.717, 1.165) is 11.3 Å². The van der Waals surface area contributed by atoms with E-state index >= 15 is 0 Å². The standard InChI is InChI=1S/C18H17N3O4S/c22-16(5-6-17-20-18(21-25-17)12-7-8-26-11-12)19-9-13-10-23-14-3-1-2-4-15(14)24-13/h1-4,7-8,11,13H,5-6,9-10H2,(H,19,22)/t13-/m1/s1. The van der Waals surface area contributed by atoms with Crippen LogP contribution in [0.1, 0.15) is 12.3 Å².